The predicted molar refractivity (Wildman–Crippen MR) is 97.3 cm³/mol. The summed E-state index contributed by atoms with van der Waals surface area (Å²) in [6.07, 6.45) is 4.23. The molecule has 3 N–H and O–H groups in total. The van der Waals surface area contributed by atoms with E-state index in [0.29, 0.717) is 12.5 Å². The van der Waals surface area contributed by atoms with E-state index in [2.05, 4.69) is 15.4 Å². The van der Waals surface area contributed by atoms with Crippen molar-refractivity contribution in [2.45, 2.75) is 32.2 Å². The van der Waals surface area contributed by atoms with Gasteiger partial charge in [0.05, 0.1) is 11.2 Å². The molecule has 2 fully saturated rings. The Bertz CT molecular complexity index is 693. The highest BCUT2D eigenvalue weighted by Crippen LogP contribution is 2.43. The number of carbonyl (C=O) groups is 1. The maximum Gasteiger partial charge on any atom is 0.227 e. The molecule has 1 saturated heterocycles. The van der Waals surface area contributed by atoms with Crippen LogP contribution in [0.5, 0.6) is 0 Å². The molecule has 6 nitrogen and oxygen atoms in total. The first-order chi connectivity index (χ1) is 12.0. The lowest BCUT2D eigenvalue weighted by Gasteiger charge is -2.37. The van der Waals surface area contributed by atoms with Crippen molar-refractivity contribution in [3.8, 4) is 0 Å². The number of sulfonamides is 1. The van der Waals surface area contributed by atoms with Gasteiger partial charge in [0.25, 0.3) is 0 Å². The van der Waals surface area contributed by atoms with Gasteiger partial charge in [-0.2, -0.15) is 0 Å². The maximum absolute atomic E-state index is 12.7. The van der Waals surface area contributed by atoms with Crippen molar-refractivity contribution in [2.75, 3.05) is 25.4 Å². The standard InChI is InChI=1S/C18H27N3O3S/c22-17(18-9-5-4-8-16(18)13-19-14-18)20-10-11-25(23,24)21-12-15-6-2-1-3-7-15/h1-3,6-7,16,19,21H,4-5,8-14H2,(H,20,22)/t16-,18+/m0/s1. The lowest BCUT2D eigenvalue weighted by Crippen LogP contribution is -2.49. The van der Waals surface area contributed by atoms with Crippen LogP contribution in [0.3, 0.4) is 0 Å². The van der Waals surface area contributed by atoms with E-state index in [9.17, 15) is 13.2 Å². The number of benzene rings is 1. The summed E-state index contributed by atoms with van der Waals surface area (Å²) < 4.78 is 26.8. The molecule has 1 aliphatic carbocycles. The minimum Gasteiger partial charge on any atom is -0.354 e. The van der Waals surface area contributed by atoms with Crippen LogP contribution in [-0.4, -0.2) is 39.7 Å². The van der Waals surface area contributed by atoms with Gasteiger partial charge in [-0.15, -0.1) is 0 Å². The summed E-state index contributed by atoms with van der Waals surface area (Å²) in [7, 11) is -3.41. The second-order valence-corrected chi connectivity index (χ2v) is 9.04. The highest BCUT2D eigenvalue weighted by molar-refractivity contribution is 7.89. The number of fused-ring (bicyclic) bond motifs is 1. The first-order valence-electron chi connectivity index (χ1n) is 9.02. The molecule has 1 amide bonds. The summed E-state index contributed by atoms with van der Waals surface area (Å²) >= 11 is 0. The van der Waals surface area contributed by atoms with Gasteiger partial charge >= 0.3 is 0 Å². The largest absolute Gasteiger partial charge is 0.354 e. The van der Waals surface area contributed by atoms with E-state index in [1.165, 1.54) is 6.42 Å². The van der Waals surface area contributed by atoms with Crippen LogP contribution >= 0.6 is 0 Å². The Balaban J connectivity index is 1.47. The number of carbonyl (C=O) groups excluding carboxylic acids is 1. The Hall–Kier alpha value is -1.44. The molecule has 2 aliphatic rings. The predicted octanol–water partition coefficient (Wildman–Crippen LogP) is 1.00. The number of rotatable bonds is 7. The highest BCUT2D eigenvalue weighted by atomic mass is 32.2. The third-order valence-corrected chi connectivity index (χ3v) is 6.81. The van der Waals surface area contributed by atoms with Gasteiger partial charge in [0, 0.05) is 19.6 Å². The Morgan fingerprint density at radius 3 is 2.84 bits per heavy atom. The van der Waals surface area contributed by atoms with Crippen molar-refractivity contribution in [2.24, 2.45) is 11.3 Å². The molecule has 7 heteroatoms. The van der Waals surface area contributed by atoms with E-state index < -0.39 is 10.0 Å². The molecule has 0 spiro atoms. The highest BCUT2D eigenvalue weighted by Gasteiger charge is 2.49. The summed E-state index contributed by atoms with van der Waals surface area (Å²) in [6, 6.07) is 9.39. The molecule has 0 radical (unpaired) electrons. The summed E-state index contributed by atoms with van der Waals surface area (Å²) in [5.41, 5.74) is 0.579. The normalized spacial score (nSPS) is 26.2. The second kappa shape index (κ2) is 7.85. The third-order valence-electron chi connectivity index (χ3n) is 5.49. The quantitative estimate of drug-likeness (QED) is 0.673. The van der Waals surface area contributed by atoms with Gasteiger partial charge in [-0.25, -0.2) is 13.1 Å². The fraction of sp³-hybridized carbons (Fsp3) is 0.611. The Kier molecular flexibility index (Phi) is 5.76. The van der Waals surface area contributed by atoms with E-state index in [1.807, 2.05) is 30.3 Å². The molecular formula is C18H27N3O3S. The van der Waals surface area contributed by atoms with Crippen LogP contribution in [0.4, 0.5) is 0 Å². The smallest absolute Gasteiger partial charge is 0.227 e. The molecular weight excluding hydrogens is 338 g/mol. The molecule has 1 aromatic carbocycles. The molecule has 3 rings (SSSR count). The van der Waals surface area contributed by atoms with E-state index in [-0.39, 0.29) is 30.2 Å². The first-order valence-corrected chi connectivity index (χ1v) is 10.7. The van der Waals surface area contributed by atoms with E-state index in [0.717, 1.165) is 31.4 Å². The molecule has 138 valence electrons. The van der Waals surface area contributed by atoms with Gasteiger partial charge in [-0.3, -0.25) is 4.79 Å². The number of hydrogen-bond donors (Lipinski definition) is 3. The van der Waals surface area contributed by atoms with E-state index in [4.69, 9.17) is 0 Å². The zero-order chi connectivity index (χ0) is 17.8. The van der Waals surface area contributed by atoms with Crippen LogP contribution < -0.4 is 15.4 Å². The van der Waals surface area contributed by atoms with Crippen LogP contribution in [0, 0.1) is 11.3 Å². The average Bonchev–Trinajstić information content (AvgIpc) is 3.06. The van der Waals surface area contributed by atoms with Crippen molar-refractivity contribution >= 4 is 15.9 Å². The molecule has 2 atom stereocenters. The first kappa shape index (κ1) is 18.4. The van der Waals surface area contributed by atoms with Crippen LogP contribution in [0.2, 0.25) is 0 Å². The van der Waals surface area contributed by atoms with Crippen molar-refractivity contribution < 1.29 is 13.2 Å². The number of hydrogen-bond acceptors (Lipinski definition) is 4. The molecule has 1 aliphatic heterocycles. The molecule has 1 heterocycles. The van der Waals surface area contributed by atoms with Crippen LogP contribution in [0.15, 0.2) is 30.3 Å². The van der Waals surface area contributed by atoms with Crippen LogP contribution in [-0.2, 0) is 21.4 Å². The van der Waals surface area contributed by atoms with Crippen molar-refractivity contribution in [1.29, 1.82) is 0 Å². The van der Waals surface area contributed by atoms with Gasteiger partial charge in [0.1, 0.15) is 0 Å². The fourth-order valence-corrected chi connectivity index (χ4v) is 4.93. The third kappa shape index (κ3) is 4.40. The topological polar surface area (TPSA) is 87.3 Å². The maximum atomic E-state index is 12.7. The second-order valence-electron chi connectivity index (χ2n) is 7.11. The lowest BCUT2D eigenvalue weighted by atomic mass is 9.67. The summed E-state index contributed by atoms with van der Waals surface area (Å²) in [5.74, 6) is 0.300. The van der Waals surface area contributed by atoms with Gasteiger partial charge in [0.15, 0.2) is 0 Å². The minimum absolute atomic E-state index is 0.0143. The Morgan fingerprint density at radius 1 is 1.24 bits per heavy atom. The minimum atomic E-state index is -3.41. The monoisotopic (exact) mass is 365 g/mol. The van der Waals surface area contributed by atoms with E-state index in [1.54, 1.807) is 0 Å². The number of nitrogens with one attached hydrogen (secondary N) is 3. The lowest BCUT2D eigenvalue weighted by molar-refractivity contribution is -0.133. The fourth-order valence-electron chi connectivity index (χ4n) is 4.03. The molecule has 0 aromatic heterocycles. The summed E-state index contributed by atoms with van der Waals surface area (Å²) in [6.45, 7) is 2.03. The summed E-state index contributed by atoms with van der Waals surface area (Å²) in [4.78, 5) is 12.7. The molecule has 0 unspecified atom stereocenters. The Labute approximate surface area is 149 Å². The molecule has 1 aromatic rings. The Morgan fingerprint density at radius 2 is 2.04 bits per heavy atom. The van der Waals surface area contributed by atoms with Gasteiger partial charge < -0.3 is 10.6 Å². The van der Waals surface area contributed by atoms with Crippen molar-refractivity contribution in [3.05, 3.63) is 35.9 Å². The molecule has 0 bridgehead atoms. The van der Waals surface area contributed by atoms with Gasteiger partial charge in [-0.05, 0) is 30.9 Å². The molecule has 1 saturated carbocycles. The SMILES string of the molecule is O=C(NCCS(=O)(=O)NCc1ccccc1)[C@@]12CCCC[C@H]1CNC2. The van der Waals surface area contributed by atoms with Gasteiger partial charge in [0.2, 0.25) is 15.9 Å². The number of amides is 1. The van der Waals surface area contributed by atoms with Crippen molar-refractivity contribution in [1.82, 2.24) is 15.4 Å². The van der Waals surface area contributed by atoms with E-state index >= 15 is 0 Å². The van der Waals surface area contributed by atoms with Crippen LogP contribution in [0.1, 0.15) is 31.2 Å². The molecule has 25 heavy (non-hydrogen) atoms. The zero-order valence-electron chi connectivity index (χ0n) is 14.5. The van der Waals surface area contributed by atoms with Crippen molar-refractivity contribution in [3.63, 3.8) is 0 Å². The van der Waals surface area contributed by atoms with Crippen LogP contribution in [0.25, 0.3) is 0 Å². The summed E-state index contributed by atoms with van der Waals surface area (Å²) in [5, 5.41) is 6.21. The average molecular weight is 365 g/mol. The zero-order valence-corrected chi connectivity index (χ0v) is 15.3. The van der Waals surface area contributed by atoms with Gasteiger partial charge in [-0.1, -0.05) is 43.2 Å².